The zero-order chi connectivity index (χ0) is 23.8. The highest BCUT2D eigenvalue weighted by Crippen LogP contribution is 2.49. The van der Waals surface area contributed by atoms with Gasteiger partial charge in [-0.2, -0.15) is 4.37 Å². The quantitative estimate of drug-likeness (QED) is 0.525. The molecule has 2 bridgehead atoms. The molecule has 0 N–H and O–H groups in total. The van der Waals surface area contributed by atoms with Gasteiger partial charge in [0.15, 0.2) is 0 Å². The molecule has 6 rings (SSSR count). The third-order valence-corrected chi connectivity index (χ3v) is 10.3. The molecule has 2 heterocycles. The number of piperazine rings is 1. The average molecular weight is 495 g/mol. The van der Waals surface area contributed by atoms with E-state index in [-0.39, 0.29) is 11.8 Å². The zero-order valence-electron chi connectivity index (χ0n) is 20.7. The van der Waals surface area contributed by atoms with Crippen molar-refractivity contribution in [2.24, 2.45) is 29.6 Å². The number of amides is 2. The summed E-state index contributed by atoms with van der Waals surface area (Å²) in [4.78, 5) is 31.9. The van der Waals surface area contributed by atoms with Gasteiger partial charge in [0, 0.05) is 50.6 Å². The lowest BCUT2D eigenvalue weighted by atomic mass is 9.78. The van der Waals surface area contributed by atoms with E-state index >= 15 is 0 Å². The normalized spacial score (nSPS) is 31.2. The molecule has 4 aliphatic rings. The molecule has 6 nitrogen and oxygen atoms in total. The van der Waals surface area contributed by atoms with Crippen LogP contribution in [0, 0.1) is 29.6 Å². The monoisotopic (exact) mass is 494 g/mol. The van der Waals surface area contributed by atoms with Crippen LogP contribution in [-0.2, 0) is 9.59 Å². The van der Waals surface area contributed by atoms with Crippen molar-refractivity contribution in [2.45, 2.75) is 51.4 Å². The Labute approximate surface area is 212 Å². The average Bonchev–Trinajstić information content (AvgIpc) is 3.64. The van der Waals surface area contributed by atoms with Gasteiger partial charge in [-0.25, -0.2) is 0 Å². The smallest absolute Gasteiger partial charge is 0.232 e. The maximum absolute atomic E-state index is 13.3. The molecule has 2 amide bonds. The van der Waals surface area contributed by atoms with Gasteiger partial charge in [-0.1, -0.05) is 31.4 Å². The molecule has 1 aliphatic heterocycles. The number of hydrogen-bond acceptors (Lipinski definition) is 6. The molecule has 3 unspecified atom stereocenters. The highest BCUT2D eigenvalue weighted by Gasteiger charge is 2.45. The van der Waals surface area contributed by atoms with Gasteiger partial charge in [0.25, 0.3) is 0 Å². The Kier molecular flexibility index (Phi) is 6.80. The molecule has 3 aliphatic carbocycles. The summed E-state index contributed by atoms with van der Waals surface area (Å²) in [6, 6.07) is 8.52. The van der Waals surface area contributed by atoms with Crippen molar-refractivity contribution in [1.82, 2.24) is 14.2 Å². The fraction of sp³-hybridized carbons (Fsp3) is 0.679. The molecule has 35 heavy (non-hydrogen) atoms. The number of aromatic nitrogens is 1. The van der Waals surface area contributed by atoms with Crippen LogP contribution in [0.5, 0.6) is 0 Å². The summed E-state index contributed by atoms with van der Waals surface area (Å²) in [5, 5.41) is 1.27. The van der Waals surface area contributed by atoms with Crippen LogP contribution < -0.4 is 4.90 Å². The van der Waals surface area contributed by atoms with E-state index in [4.69, 9.17) is 4.37 Å². The topological polar surface area (TPSA) is 56.8 Å². The van der Waals surface area contributed by atoms with Crippen LogP contribution in [0.3, 0.4) is 0 Å². The van der Waals surface area contributed by atoms with Crippen LogP contribution in [0.25, 0.3) is 10.1 Å². The third kappa shape index (κ3) is 4.74. The molecule has 0 spiro atoms. The molecule has 188 valence electrons. The molecular formula is C28H38N4O2S. The highest BCUT2D eigenvalue weighted by molar-refractivity contribution is 7.13. The van der Waals surface area contributed by atoms with Gasteiger partial charge in [0.05, 0.1) is 4.70 Å². The number of benzene rings is 1. The number of anilines is 1. The predicted molar refractivity (Wildman–Crippen MR) is 140 cm³/mol. The zero-order valence-corrected chi connectivity index (χ0v) is 21.5. The molecule has 2 aromatic rings. The number of carbonyl (C=O) groups is 2. The first-order valence-electron chi connectivity index (χ1n) is 13.8. The van der Waals surface area contributed by atoms with Gasteiger partial charge in [-0.3, -0.25) is 19.4 Å². The number of carbonyl (C=O) groups excluding carboxylic acids is 2. The Balaban J connectivity index is 1.05. The van der Waals surface area contributed by atoms with E-state index in [1.807, 2.05) is 0 Å². The molecule has 0 radical (unpaired) electrons. The molecule has 1 saturated heterocycles. The molecular weight excluding hydrogens is 456 g/mol. The van der Waals surface area contributed by atoms with Gasteiger partial charge < -0.3 is 4.90 Å². The Hall–Kier alpha value is -1.99. The Morgan fingerprint density at radius 1 is 1.03 bits per heavy atom. The molecule has 5 atom stereocenters. The first kappa shape index (κ1) is 23.4. The van der Waals surface area contributed by atoms with Gasteiger partial charge in [-0.05, 0) is 79.4 Å². The SMILES string of the molecule is O=CN(CC1CCCC[C@H]1CN1CCN(c2nsc3ccccc23)CC1)C(=O)[C@H]1CC2CCC1C2. The highest BCUT2D eigenvalue weighted by atomic mass is 32.1. The minimum atomic E-state index is 0.107. The van der Waals surface area contributed by atoms with Crippen molar-refractivity contribution < 1.29 is 9.59 Å². The molecule has 1 aromatic heterocycles. The van der Waals surface area contributed by atoms with Crippen molar-refractivity contribution in [3.8, 4) is 0 Å². The second kappa shape index (κ2) is 10.2. The van der Waals surface area contributed by atoms with E-state index in [9.17, 15) is 9.59 Å². The second-order valence-corrected chi connectivity index (χ2v) is 12.3. The number of rotatable bonds is 7. The lowest BCUT2D eigenvalue weighted by Crippen LogP contribution is -2.50. The summed E-state index contributed by atoms with van der Waals surface area (Å²) in [5.74, 6) is 3.65. The van der Waals surface area contributed by atoms with Crippen LogP contribution in [0.15, 0.2) is 24.3 Å². The molecule has 4 fully saturated rings. The van der Waals surface area contributed by atoms with Gasteiger partial charge in [-0.15, -0.1) is 0 Å². The number of imide groups is 1. The van der Waals surface area contributed by atoms with Crippen molar-refractivity contribution in [3.63, 3.8) is 0 Å². The Morgan fingerprint density at radius 2 is 1.83 bits per heavy atom. The van der Waals surface area contributed by atoms with Crippen LogP contribution in [0.2, 0.25) is 0 Å². The van der Waals surface area contributed by atoms with Crippen LogP contribution in [-0.4, -0.2) is 65.8 Å². The number of nitrogens with zero attached hydrogens (tertiary/aromatic N) is 4. The second-order valence-electron chi connectivity index (χ2n) is 11.5. The molecule has 7 heteroatoms. The molecule has 1 aromatic carbocycles. The first-order chi connectivity index (χ1) is 17.2. The van der Waals surface area contributed by atoms with Crippen LogP contribution in [0.1, 0.15) is 51.4 Å². The largest absolute Gasteiger partial charge is 0.353 e. The summed E-state index contributed by atoms with van der Waals surface area (Å²) in [5.41, 5.74) is 0. The minimum absolute atomic E-state index is 0.107. The third-order valence-electron chi connectivity index (χ3n) is 9.49. The summed E-state index contributed by atoms with van der Waals surface area (Å²) < 4.78 is 6.01. The summed E-state index contributed by atoms with van der Waals surface area (Å²) in [6.45, 7) is 5.84. The summed E-state index contributed by atoms with van der Waals surface area (Å²) in [6.07, 6.45) is 10.4. The standard InChI is InChI=1S/C28H38N4O2S/c33-19-32(28(34)25-16-20-9-10-21(25)15-20)18-23-6-2-1-5-22(23)17-30-11-13-31(14-12-30)27-24-7-3-4-8-26(24)35-29-27/h3-4,7-8,19-23,25H,1-2,5-6,9-18H2/t20?,21?,22-,23?,25-/m0/s1. The lowest BCUT2D eigenvalue weighted by molar-refractivity contribution is -0.144. The van der Waals surface area contributed by atoms with Crippen molar-refractivity contribution in [1.29, 1.82) is 0 Å². The van der Waals surface area contributed by atoms with E-state index in [0.29, 0.717) is 24.3 Å². The fourth-order valence-corrected chi connectivity index (χ4v) is 8.33. The first-order valence-corrected chi connectivity index (χ1v) is 14.5. The van der Waals surface area contributed by atoms with E-state index in [0.717, 1.165) is 63.7 Å². The van der Waals surface area contributed by atoms with Crippen molar-refractivity contribution >= 4 is 39.8 Å². The molecule has 3 saturated carbocycles. The number of hydrogen-bond donors (Lipinski definition) is 0. The summed E-state index contributed by atoms with van der Waals surface area (Å²) in [7, 11) is 0. The predicted octanol–water partition coefficient (Wildman–Crippen LogP) is 4.65. The maximum atomic E-state index is 13.3. The number of fused-ring (bicyclic) bond motifs is 3. The Bertz CT molecular complexity index is 1050. The van der Waals surface area contributed by atoms with E-state index < -0.39 is 0 Å². The van der Waals surface area contributed by atoms with Crippen molar-refractivity contribution in [3.05, 3.63) is 24.3 Å². The maximum Gasteiger partial charge on any atom is 0.232 e. The summed E-state index contributed by atoms with van der Waals surface area (Å²) >= 11 is 1.59. The van der Waals surface area contributed by atoms with Crippen LogP contribution >= 0.6 is 11.5 Å². The van der Waals surface area contributed by atoms with E-state index in [1.54, 1.807) is 16.4 Å². The van der Waals surface area contributed by atoms with E-state index in [2.05, 4.69) is 34.1 Å². The van der Waals surface area contributed by atoms with E-state index in [1.165, 1.54) is 48.6 Å². The minimum Gasteiger partial charge on any atom is -0.353 e. The van der Waals surface area contributed by atoms with Gasteiger partial charge >= 0.3 is 0 Å². The Morgan fingerprint density at radius 3 is 2.57 bits per heavy atom. The van der Waals surface area contributed by atoms with Crippen LogP contribution in [0.4, 0.5) is 5.82 Å². The fourth-order valence-electron chi connectivity index (χ4n) is 7.54. The van der Waals surface area contributed by atoms with Gasteiger partial charge in [0.1, 0.15) is 5.82 Å². The van der Waals surface area contributed by atoms with Gasteiger partial charge in [0.2, 0.25) is 12.3 Å². The van der Waals surface area contributed by atoms with Crippen molar-refractivity contribution in [2.75, 3.05) is 44.2 Å². The lowest BCUT2D eigenvalue weighted by Gasteiger charge is -2.41.